The molecule has 0 N–H and O–H groups in total. The van der Waals surface area contributed by atoms with Crippen molar-refractivity contribution in [3.8, 4) is 0 Å². The van der Waals surface area contributed by atoms with Gasteiger partial charge in [-0.3, -0.25) is 4.79 Å². The molecule has 0 unspecified atom stereocenters. The fourth-order valence-electron chi connectivity index (χ4n) is 1.66. The van der Waals surface area contributed by atoms with Crippen LogP contribution in [0.3, 0.4) is 0 Å². The first kappa shape index (κ1) is 12.4. The van der Waals surface area contributed by atoms with Crippen LogP contribution in [0.15, 0.2) is 30.0 Å². The molecule has 4 heteroatoms. The van der Waals surface area contributed by atoms with Gasteiger partial charge in [-0.1, -0.05) is 24.3 Å². The van der Waals surface area contributed by atoms with Crippen LogP contribution in [-0.4, -0.2) is 17.5 Å². The lowest BCUT2D eigenvalue weighted by Crippen LogP contribution is -2.20. The summed E-state index contributed by atoms with van der Waals surface area (Å²) in [5.41, 5.74) is 0.744. The van der Waals surface area contributed by atoms with Gasteiger partial charge < -0.3 is 9.47 Å². The molecule has 94 valence electrons. The summed E-state index contributed by atoms with van der Waals surface area (Å²) >= 11 is 0. The maximum Gasteiger partial charge on any atom is 0.514 e. The molecule has 0 radical (unpaired) electrons. The van der Waals surface area contributed by atoms with Gasteiger partial charge in [0.2, 0.25) is 0 Å². The van der Waals surface area contributed by atoms with E-state index in [0.717, 1.165) is 5.56 Å². The van der Waals surface area contributed by atoms with Crippen LogP contribution in [-0.2, 0) is 9.47 Å². The maximum atomic E-state index is 11.1. The zero-order valence-electron chi connectivity index (χ0n) is 10.5. The second kappa shape index (κ2) is 4.29. The smallest absolute Gasteiger partial charge is 0.420 e. The highest BCUT2D eigenvalue weighted by atomic mass is 16.8. The van der Waals surface area contributed by atoms with Gasteiger partial charge >= 0.3 is 6.16 Å². The van der Waals surface area contributed by atoms with E-state index in [1.165, 1.54) is 6.92 Å². The normalized spacial score (nSPS) is 19.5. The van der Waals surface area contributed by atoms with Crippen LogP contribution in [0.2, 0.25) is 0 Å². The average molecular weight is 246 g/mol. The topological polar surface area (TPSA) is 52.6 Å². The number of ketones is 1. The summed E-state index contributed by atoms with van der Waals surface area (Å²) in [4.78, 5) is 22.2. The van der Waals surface area contributed by atoms with Crippen LogP contribution in [0, 0.1) is 0 Å². The Morgan fingerprint density at radius 1 is 1.22 bits per heavy atom. The van der Waals surface area contributed by atoms with Crippen molar-refractivity contribution in [2.24, 2.45) is 0 Å². The highest BCUT2D eigenvalue weighted by molar-refractivity contribution is 5.94. The summed E-state index contributed by atoms with van der Waals surface area (Å²) in [6.07, 6.45) is 1.04. The lowest BCUT2D eigenvalue weighted by atomic mass is 10.0. The summed E-state index contributed by atoms with van der Waals surface area (Å²) in [5.74, 6) is 0.480. The second-order valence-electron chi connectivity index (χ2n) is 4.65. The number of hydrogen-bond donors (Lipinski definition) is 0. The van der Waals surface area contributed by atoms with Gasteiger partial charge in [-0.2, -0.15) is 0 Å². The van der Waals surface area contributed by atoms with Gasteiger partial charge in [0.25, 0.3) is 0 Å². The molecule has 1 aromatic carbocycles. The van der Waals surface area contributed by atoms with Crippen LogP contribution >= 0.6 is 0 Å². The molecule has 0 bridgehead atoms. The van der Waals surface area contributed by atoms with Crippen LogP contribution in [0.5, 0.6) is 0 Å². The predicted octanol–water partition coefficient (Wildman–Crippen LogP) is 3.18. The number of carbonyl (C=O) groups is 2. The lowest BCUT2D eigenvalue weighted by Gasteiger charge is -2.13. The van der Waals surface area contributed by atoms with Crippen molar-refractivity contribution in [3.63, 3.8) is 0 Å². The Balaban J connectivity index is 2.28. The molecule has 0 saturated carbocycles. The third kappa shape index (κ3) is 2.42. The largest absolute Gasteiger partial charge is 0.514 e. The molecule has 2 rings (SSSR count). The fraction of sp³-hybridized carbons (Fsp3) is 0.286. The molecule has 0 aromatic heterocycles. The zero-order chi connectivity index (χ0) is 13.3. The van der Waals surface area contributed by atoms with Crippen molar-refractivity contribution in [2.45, 2.75) is 26.4 Å². The van der Waals surface area contributed by atoms with Crippen molar-refractivity contribution in [1.82, 2.24) is 0 Å². The number of cyclic esters (lactones) is 2. The molecule has 1 aliphatic rings. The summed E-state index contributed by atoms with van der Waals surface area (Å²) in [6, 6.07) is 7.07. The molecule has 1 saturated heterocycles. The standard InChI is InChI=1S/C14H14O4/c1-9(15)11-6-4-10(5-7-11)8-12-14(2,3)18-13(16)17-12/h4-8H,1-3H3/b12-8-. The number of hydrogen-bond acceptors (Lipinski definition) is 4. The fourth-order valence-corrected chi connectivity index (χ4v) is 1.66. The summed E-state index contributed by atoms with van der Waals surface area (Å²) in [6.45, 7) is 5.03. The van der Waals surface area contributed by atoms with Crippen LogP contribution < -0.4 is 0 Å². The van der Waals surface area contributed by atoms with Crippen LogP contribution in [0.4, 0.5) is 4.79 Å². The van der Waals surface area contributed by atoms with E-state index in [1.54, 1.807) is 44.2 Å². The van der Waals surface area contributed by atoms with E-state index < -0.39 is 11.8 Å². The minimum Gasteiger partial charge on any atom is -0.420 e. The third-order valence-electron chi connectivity index (χ3n) is 2.74. The molecule has 1 aliphatic heterocycles. The molecule has 1 aromatic rings. The number of benzene rings is 1. The minimum absolute atomic E-state index is 0.0187. The second-order valence-corrected chi connectivity index (χ2v) is 4.65. The minimum atomic E-state index is -0.754. The SMILES string of the molecule is CC(=O)c1ccc(/C=C2\OC(=O)OC2(C)C)cc1. The van der Waals surface area contributed by atoms with E-state index in [-0.39, 0.29) is 5.78 Å². The van der Waals surface area contributed by atoms with E-state index in [9.17, 15) is 9.59 Å². The molecular formula is C14H14O4. The summed E-state index contributed by atoms with van der Waals surface area (Å²) in [7, 11) is 0. The van der Waals surface area contributed by atoms with Gasteiger partial charge in [0.15, 0.2) is 17.1 Å². The van der Waals surface area contributed by atoms with Gasteiger partial charge in [-0.15, -0.1) is 0 Å². The van der Waals surface area contributed by atoms with Crippen molar-refractivity contribution in [1.29, 1.82) is 0 Å². The Morgan fingerprint density at radius 3 is 2.28 bits per heavy atom. The zero-order valence-corrected chi connectivity index (χ0v) is 10.5. The molecule has 4 nitrogen and oxygen atoms in total. The van der Waals surface area contributed by atoms with Gasteiger partial charge in [0.05, 0.1) is 0 Å². The molecule has 0 aliphatic carbocycles. The molecule has 0 amide bonds. The molecule has 18 heavy (non-hydrogen) atoms. The number of Topliss-reactive ketones (excluding diaryl/α,β-unsaturated/α-hetero) is 1. The number of rotatable bonds is 2. The molecule has 0 spiro atoms. The highest BCUT2D eigenvalue weighted by Gasteiger charge is 2.39. The van der Waals surface area contributed by atoms with Crippen LogP contribution in [0.1, 0.15) is 36.7 Å². The summed E-state index contributed by atoms with van der Waals surface area (Å²) in [5, 5.41) is 0. The van der Waals surface area contributed by atoms with Crippen molar-refractivity contribution < 1.29 is 19.1 Å². The van der Waals surface area contributed by atoms with Crippen molar-refractivity contribution >= 4 is 18.0 Å². The Hall–Kier alpha value is -2.10. The van der Waals surface area contributed by atoms with Crippen molar-refractivity contribution in [3.05, 3.63) is 41.2 Å². The van der Waals surface area contributed by atoms with E-state index in [4.69, 9.17) is 9.47 Å². The average Bonchev–Trinajstić information content (AvgIpc) is 2.52. The Labute approximate surface area is 105 Å². The summed E-state index contributed by atoms with van der Waals surface area (Å²) < 4.78 is 10.0. The van der Waals surface area contributed by atoms with E-state index in [2.05, 4.69) is 0 Å². The first-order chi connectivity index (χ1) is 8.38. The van der Waals surface area contributed by atoms with Gasteiger partial charge in [0, 0.05) is 5.56 Å². The van der Waals surface area contributed by atoms with Crippen molar-refractivity contribution in [2.75, 3.05) is 0 Å². The van der Waals surface area contributed by atoms with Gasteiger partial charge in [-0.25, -0.2) is 4.79 Å². The first-order valence-electron chi connectivity index (χ1n) is 5.62. The van der Waals surface area contributed by atoms with Crippen LogP contribution in [0.25, 0.3) is 6.08 Å². The van der Waals surface area contributed by atoms with Gasteiger partial charge in [-0.05, 0) is 32.4 Å². The maximum absolute atomic E-state index is 11.1. The highest BCUT2D eigenvalue weighted by Crippen LogP contribution is 2.31. The molecule has 0 atom stereocenters. The number of ether oxygens (including phenoxy) is 2. The number of carbonyl (C=O) groups excluding carboxylic acids is 2. The predicted molar refractivity (Wildman–Crippen MR) is 66.1 cm³/mol. The Bertz CT molecular complexity index is 523. The monoisotopic (exact) mass is 246 g/mol. The van der Waals surface area contributed by atoms with Gasteiger partial charge in [0.1, 0.15) is 0 Å². The Kier molecular flexibility index (Phi) is 2.95. The van der Waals surface area contributed by atoms with E-state index in [1.807, 2.05) is 0 Å². The molecular weight excluding hydrogens is 232 g/mol. The first-order valence-corrected chi connectivity index (χ1v) is 5.62. The lowest BCUT2D eigenvalue weighted by molar-refractivity contribution is 0.0872. The molecule has 1 heterocycles. The van der Waals surface area contributed by atoms with E-state index >= 15 is 0 Å². The van der Waals surface area contributed by atoms with E-state index in [0.29, 0.717) is 11.3 Å². The Morgan fingerprint density at radius 2 is 1.83 bits per heavy atom. The molecule has 1 fully saturated rings. The quantitative estimate of drug-likeness (QED) is 0.594. The third-order valence-corrected chi connectivity index (χ3v) is 2.74.